The lowest BCUT2D eigenvalue weighted by Crippen LogP contribution is -2.59. The number of aryl methyl sites for hydroxylation is 1. The molecule has 1 saturated carbocycles. The van der Waals surface area contributed by atoms with Crippen LogP contribution in [0.15, 0.2) is 60.7 Å². The molecule has 6 nitrogen and oxygen atoms in total. The van der Waals surface area contributed by atoms with Gasteiger partial charge >= 0.3 is 0 Å². The average molecular weight is 478 g/mol. The van der Waals surface area contributed by atoms with Gasteiger partial charge in [-0.1, -0.05) is 61.4 Å². The first kappa shape index (κ1) is 25.2. The van der Waals surface area contributed by atoms with Gasteiger partial charge in [-0.25, -0.2) is 0 Å². The molecule has 188 valence electrons. The molecule has 2 aromatic rings. The molecule has 1 aliphatic heterocycles. The van der Waals surface area contributed by atoms with Gasteiger partial charge in [-0.15, -0.1) is 0 Å². The summed E-state index contributed by atoms with van der Waals surface area (Å²) in [6.45, 7) is 4.88. The minimum atomic E-state index is -0.102. The first-order chi connectivity index (χ1) is 17.1. The van der Waals surface area contributed by atoms with Crippen molar-refractivity contribution in [3.05, 3.63) is 66.2 Å². The van der Waals surface area contributed by atoms with Crippen LogP contribution in [0.4, 0.5) is 0 Å². The van der Waals surface area contributed by atoms with E-state index in [-0.39, 0.29) is 30.5 Å². The SMILES string of the molecule is CC(CCc1ccccc1)NC(=O)C(C1CCCC1)N1CCN(C(=O)COc2ccccc2)CC1. The standard InChI is InChI=1S/C29H39N3O3/c1-23(16-17-24-10-4-2-5-11-24)30-29(34)28(25-12-8-9-13-25)32-20-18-31(19-21-32)27(33)22-35-26-14-6-3-7-15-26/h2-7,10-11,14-15,23,25,28H,8-9,12-13,16-22H2,1H3,(H,30,34). The van der Waals surface area contributed by atoms with Crippen molar-refractivity contribution in [2.75, 3.05) is 32.8 Å². The van der Waals surface area contributed by atoms with Crippen molar-refractivity contribution in [2.45, 2.75) is 57.5 Å². The molecule has 2 atom stereocenters. The van der Waals surface area contributed by atoms with Crippen LogP contribution in [0.3, 0.4) is 0 Å². The summed E-state index contributed by atoms with van der Waals surface area (Å²) in [6, 6.07) is 19.9. The molecule has 0 radical (unpaired) electrons. The first-order valence-corrected chi connectivity index (χ1v) is 13.1. The Morgan fingerprint density at radius 1 is 0.943 bits per heavy atom. The van der Waals surface area contributed by atoms with Crippen molar-refractivity contribution >= 4 is 11.8 Å². The lowest BCUT2D eigenvalue weighted by Gasteiger charge is -2.41. The maximum absolute atomic E-state index is 13.5. The number of hydrogen-bond acceptors (Lipinski definition) is 4. The summed E-state index contributed by atoms with van der Waals surface area (Å²) in [6.07, 6.45) is 6.51. The van der Waals surface area contributed by atoms with Gasteiger partial charge in [0.25, 0.3) is 5.91 Å². The molecule has 2 aromatic carbocycles. The van der Waals surface area contributed by atoms with Gasteiger partial charge in [0, 0.05) is 32.2 Å². The van der Waals surface area contributed by atoms with Crippen molar-refractivity contribution in [3.8, 4) is 5.75 Å². The van der Waals surface area contributed by atoms with Gasteiger partial charge in [0.2, 0.25) is 5.91 Å². The van der Waals surface area contributed by atoms with Crippen LogP contribution in [0.25, 0.3) is 0 Å². The second-order valence-electron chi connectivity index (χ2n) is 9.94. The number of amides is 2. The molecule has 2 fully saturated rings. The molecule has 4 rings (SSSR count). The third-order valence-electron chi connectivity index (χ3n) is 7.38. The molecule has 2 amide bonds. The van der Waals surface area contributed by atoms with Gasteiger partial charge in [-0.2, -0.15) is 0 Å². The highest BCUT2D eigenvalue weighted by molar-refractivity contribution is 5.82. The van der Waals surface area contributed by atoms with E-state index in [1.165, 1.54) is 18.4 Å². The Morgan fingerprint density at radius 3 is 2.23 bits per heavy atom. The predicted molar refractivity (Wildman–Crippen MR) is 138 cm³/mol. The summed E-state index contributed by atoms with van der Waals surface area (Å²) < 4.78 is 5.64. The lowest BCUT2D eigenvalue weighted by atomic mass is 9.94. The summed E-state index contributed by atoms with van der Waals surface area (Å²) in [5, 5.41) is 3.32. The van der Waals surface area contributed by atoms with Crippen LogP contribution in [0.1, 0.15) is 44.6 Å². The van der Waals surface area contributed by atoms with Crippen molar-refractivity contribution < 1.29 is 14.3 Å². The van der Waals surface area contributed by atoms with Crippen LogP contribution >= 0.6 is 0 Å². The second kappa shape index (κ2) is 12.7. The van der Waals surface area contributed by atoms with E-state index < -0.39 is 0 Å². The number of carbonyl (C=O) groups excluding carboxylic acids is 2. The van der Waals surface area contributed by atoms with Crippen LogP contribution < -0.4 is 10.1 Å². The van der Waals surface area contributed by atoms with Crippen molar-refractivity contribution in [3.63, 3.8) is 0 Å². The van der Waals surface area contributed by atoms with Crippen molar-refractivity contribution in [1.82, 2.24) is 15.1 Å². The maximum Gasteiger partial charge on any atom is 0.260 e. The zero-order valence-corrected chi connectivity index (χ0v) is 20.9. The number of hydrogen-bond donors (Lipinski definition) is 1. The van der Waals surface area contributed by atoms with Crippen LogP contribution in [0, 0.1) is 5.92 Å². The number of piperazine rings is 1. The smallest absolute Gasteiger partial charge is 0.260 e. The molecule has 6 heteroatoms. The summed E-state index contributed by atoms with van der Waals surface area (Å²) in [5.74, 6) is 1.27. The molecule has 2 unspecified atom stereocenters. The zero-order valence-electron chi connectivity index (χ0n) is 20.9. The average Bonchev–Trinajstić information content (AvgIpc) is 3.42. The zero-order chi connectivity index (χ0) is 24.5. The fourth-order valence-electron chi connectivity index (χ4n) is 5.38. The minimum Gasteiger partial charge on any atom is -0.484 e. The van der Waals surface area contributed by atoms with E-state index >= 15 is 0 Å². The van der Waals surface area contributed by atoms with Gasteiger partial charge in [-0.05, 0) is 56.2 Å². The third-order valence-corrected chi connectivity index (χ3v) is 7.38. The molecule has 0 aromatic heterocycles. The largest absolute Gasteiger partial charge is 0.484 e. The van der Waals surface area contributed by atoms with Gasteiger partial charge in [0.15, 0.2) is 6.61 Å². The van der Waals surface area contributed by atoms with E-state index in [0.717, 1.165) is 38.8 Å². The number of rotatable bonds is 10. The minimum absolute atomic E-state index is 0.00454. The maximum atomic E-state index is 13.5. The lowest BCUT2D eigenvalue weighted by molar-refractivity contribution is -0.137. The number of carbonyl (C=O) groups is 2. The number of benzene rings is 2. The molecule has 2 aliphatic rings. The monoisotopic (exact) mass is 477 g/mol. The van der Waals surface area contributed by atoms with Gasteiger partial charge < -0.3 is 15.0 Å². The van der Waals surface area contributed by atoms with Gasteiger partial charge in [-0.3, -0.25) is 14.5 Å². The van der Waals surface area contributed by atoms with E-state index in [0.29, 0.717) is 24.8 Å². The molecule has 0 spiro atoms. The second-order valence-corrected chi connectivity index (χ2v) is 9.94. The van der Waals surface area contributed by atoms with E-state index in [4.69, 9.17) is 4.74 Å². The van der Waals surface area contributed by atoms with Crippen LogP contribution in [-0.2, 0) is 16.0 Å². The molecule has 0 bridgehead atoms. The van der Waals surface area contributed by atoms with Gasteiger partial charge in [0.1, 0.15) is 5.75 Å². The number of para-hydroxylation sites is 1. The normalized spacial score (nSPS) is 18.7. The molecule has 1 heterocycles. The first-order valence-electron chi connectivity index (χ1n) is 13.1. The molecular formula is C29H39N3O3. The molecule has 35 heavy (non-hydrogen) atoms. The third kappa shape index (κ3) is 7.31. The summed E-state index contributed by atoms with van der Waals surface area (Å²) >= 11 is 0. The van der Waals surface area contributed by atoms with Crippen LogP contribution in [0.5, 0.6) is 5.75 Å². The highest BCUT2D eigenvalue weighted by Gasteiger charge is 2.37. The van der Waals surface area contributed by atoms with Crippen LogP contribution in [0.2, 0.25) is 0 Å². The Labute approximate surface area is 209 Å². The highest BCUT2D eigenvalue weighted by atomic mass is 16.5. The van der Waals surface area contributed by atoms with E-state index in [2.05, 4.69) is 41.4 Å². The van der Waals surface area contributed by atoms with Gasteiger partial charge in [0.05, 0.1) is 6.04 Å². The fraction of sp³-hybridized carbons (Fsp3) is 0.517. The molecule has 1 aliphatic carbocycles. The number of nitrogens with zero attached hydrogens (tertiary/aromatic N) is 2. The van der Waals surface area contributed by atoms with Crippen molar-refractivity contribution in [2.24, 2.45) is 5.92 Å². The predicted octanol–water partition coefficient (Wildman–Crippen LogP) is 3.91. The Bertz CT molecular complexity index is 923. The molecule has 1 saturated heterocycles. The molecular weight excluding hydrogens is 438 g/mol. The molecule has 1 N–H and O–H groups in total. The Kier molecular flexibility index (Phi) is 9.18. The van der Waals surface area contributed by atoms with E-state index in [1.807, 2.05) is 41.3 Å². The van der Waals surface area contributed by atoms with E-state index in [1.54, 1.807) is 0 Å². The highest BCUT2D eigenvalue weighted by Crippen LogP contribution is 2.31. The Morgan fingerprint density at radius 2 is 1.57 bits per heavy atom. The Hall–Kier alpha value is -2.86. The number of ether oxygens (including phenoxy) is 1. The summed E-state index contributed by atoms with van der Waals surface area (Å²) in [5.41, 5.74) is 1.30. The quantitative estimate of drug-likeness (QED) is 0.564. The summed E-state index contributed by atoms with van der Waals surface area (Å²) in [4.78, 5) is 30.3. The Balaban J connectivity index is 1.28. The summed E-state index contributed by atoms with van der Waals surface area (Å²) in [7, 11) is 0. The topological polar surface area (TPSA) is 61.9 Å². The van der Waals surface area contributed by atoms with Crippen LogP contribution in [-0.4, -0.2) is 66.5 Å². The number of nitrogens with one attached hydrogen (secondary N) is 1. The van der Waals surface area contributed by atoms with Crippen molar-refractivity contribution in [1.29, 1.82) is 0 Å². The fourth-order valence-corrected chi connectivity index (χ4v) is 5.38. The van der Waals surface area contributed by atoms with E-state index in [9.17, 15) is 9.59 Å².